The molecule has 15 heavy (non-hydrogen) atoms. The molecule has 3 nitrogen and oxygen atoms in total. The topological polar surface area (TPSA) is 42.2 Å². The van der Waals surface area contributed by atoms with Crippen molar-refractivity contribution in [3.63, 3.8) is 0 Å². The molecule has 0 aliphatic rings. The molecule has 1 amide bonds. The van der Waals surface area contributed by atoms with Crippen molar-refractivity contribution in [1.82, 2.24) is 5.32 Å². The second kappa shape index (κ2) is 6.06. The molecular formula is C12H17NO2. The Morgan fingerprint density at radius 3 is 3.07 bits per heavy atom. The molecule has 0 radical (unpaired) electrons. The number of rotatable bonds is 5. The average molecular weight is 207 g/mol. The third kappa shape index (κ3) is 4.49. The lowest BCUT2D eigenvalue weighted by molar-refractivity contribution is -0.117. The maximum absolute atomic E-state index is 11.2. The molecule has 1 aromatic rings. The van der Waals surface area contributed by atoms with E-state index >= 15 is 0 Å². The van der Waals surface area contributed by atoms with Gasteiger partial charge in [-0.15, -0.1) is 0 Å². The Bertz CT molecular complexity index is 314. The largest absolute Gasteiger partial charge is 0.469 e. The van der Waals surface area contributed by atoms with Gasteiger partial charge >= 0.3 is 0 Å². The second-order valence-corrected chi connectivity index (χ2v) is 3.53. The van der Waals surface area contributed by atoms with Crippen LogP contribution in [0.25, 0.3) is 0 Å². The minimum Gasteiger partial charge on any atom is -0.469 e. The molecule has 1 atom stereocenters. The van der Waals surface area contributed by atoms with Crippen molar-refractivity contribution >= 4 is 5.91 Å². The van der Waals surface area contributed by atoms with E-state index < -0.39 is 0 Å². The molecule has 0 aliphatic heterocycles. The Hall–Kier alpha value is -1.51. The van der Waals surface area contributed by atoms with Gasteiger partial charge in [0.15, 0.2) is 0 Å². The van der Waals surface area contributed by atoms with E-state index in [0.717, 1.165) is 18.6 Å². The normalized spacial score (nSPS) is 12.9. The first kappa shape index (κ1) is 11.6. The van der Waals surface area contributed by atoms with Gasteiger partial charge < -0.3 is 9.73 Å². The number of amides is 1. The third-order valence-electron chi connectivity index (χ3n) is 2.11. The highest BCUT2D eigenvalue weighted by atomic mass is 16.3. The van der Waals surface area contributed by atoms with Crippen molar-refractivity contribution in [1.29, 1.82) is 0 Å². The zero-order valence-electron chi connectivity index (χ0n) is 9.19. The zero-order valence-corrected chi connectivity index (χ0v) is 9.19. The Morgan fingerprint density at radius 1 is 1.67 bits per heavy atom. The highest BCUT2D eigenvalue weighted by Gasteiger charge is 2.05. The van der Waals surface area contributed by atoms with Gasteiger partial charge in [-0.1, -0.05) is 6.08 Å². The summed E-state index contributed by atoms with van der Waals surface area (Å²) < 4.78 is 5.21. The Labute approximate surface area is 90.2 Å². The summed E-state index contributed by atoms with van der Waals surface area (Å²) in [4.78, 5) is 11.2. The molecule has 0 saturated carbocycles. The van der Waals surface area contributed by atoms with Gasteiger partial charge in [-0.25, -0.2) is 0 Å². The van der Waals surface area contributed by atoms with Gasteiger partial charge in [-0.3, -0.25) is 4.79 Å². The van der Waals surface area contributed by atoms with E-state index in [9.17, 15) is 4.79 Å². The second-order valence-electron chi connectivity index (χ2n) is 3.53. The summed E-state index contributed by atoms with van der Waals surface area (Å²) in [6.45, 7) is 3.82. The van der Waals surface area contributed by atoms with Crippen molar-refractivity contribution in [3.05, 3.63) is 36.3 Å². The standard InChI is InChI=1S/C12H17NO2/c1-3-5-12(14)13-10(2)7-8-11-6-4-9-15-11/h3-6,9-10H,7-8H2,1-2H3,(H,13,14). The third-order valence-corrected chi connectivity index (χ3v) is 2.11. The lowest BCUT2D eigenvalue weighted by atomic mass is 10.1. The molecule has 0 spiro atoms. The van der Waals surface area contributed by atoms with Crippen LogP contribution in [0.4, 0.5) is 0 Å². The van der Waals surface area contributed by atoms with Crippen molar-refractivity contribution in [2.75, 3.05) is 0 Å². The molecule has 1 unspecified atom stereocenters. The number of furan rings is 1. The zero-order chi connectivity index (χ0) is 11.1. The van der Waals surface area contributed by atoms with E-state index in [2.05, 4.69) is 5.32 Å². The maximum Gasteiger partial charge on any atom is 0.243 e. The predicted octanol–water partition coefficient (Wildman–Crippen LogP) is 2.29. The Morgan fingerprint density at radius 2 is 2.47 bits per heavy atom. The number of nitrogens with one attached hydrogen (secondary N) is 1. The van der Waals surface area contributed by atoms with Crippen LogP contribution in [0.3, 0.4) is 0 Å². The highest BCUT2D eigenvalue weighted by molar-refractivity contribution is 5.87. The minimum absolute atomic E-state index is 0.0376. The van der Waals surface area contributed by atoms with E-state index in [4.69, 9.17) is 4.42 Å². The molecule has 1 aromatic heterocycles. The van der Waals surface area contributed by atoms with Crippen molar-refractivity contribution < 1.29 is 9.21 Å². The van der Waals surface area contributed by atoms with Crippen molar-refractivity contribution in [2.45, 2.75) is 32.7 Å². The van der Waals surface area contributed by atoms with Crippen LogP contribution in [-0.4, -0.2) is 11.9 Å². The number of hydrogen-bond donors (Lipinski definition) is 1. The van der Waals surface area contributed by atoms with Crippen LogP contribution in [0.5, 0.6) is 0 Å². The maximum atomic E-state index is 11.2. The van der Waals surface area contributed by atoms with Crippen molar-refractivity contribution in [3.8, 4) is 0 Å². The first-order valence-corrected chi connectivity index (χ1v) is 5.18. The fourth-order valence-electron chi connectivity index (χ4n) is 1.33. The summed E-state index contributed by atoms with van der Waals surface area (Å²) in [6, 6.07) is 3.98. The molecule has 3 heteroatoms. The van der Waals surface area contributed by atoms with Gasteiger partial charge in [0.1, 0.15) is 5.76 Å². The average Bonchev–Trinajstić information content (AvgIpc) is 2.67. The van der Waals surface area contributed by atoms with Crippen LogP contribution in [-0.2, 0) is 11.2 Å². The molecule has 0 fully saturated rings. The van der Waals surface area contributed by atoms with Gasteiger partial charge in [-0.2, -0.15) is 0 Å². The number of hydrogen-bond acceptors (Lipinski definition) is 2. The minimum atomic E-state index is -0.0376. The molecule has 0 saturated heterocycles. The Kier molecular flexibility index (Phi) is 4.68. The van der Waals surface area contributed by atoms with Gasteiger partial charge in [0.25, 0.3) is 0 Å². The van der Waals surface area contributed by atoms with Crippen LogP contribution in [0.1, 0.15) is 26.0 Å². The Balaban J connectivity index is 2.24. The molecule has 0 aromatic carbocycles. The lowest BCUT2D eigenvalue weighted by Gasteiger charge is -2.11. The first-order valence-electron chi connectivity index (χ1n) is 5.18. The van der Waals surface area contributed by atoms with Crippen LogP contribution in [0, 0.1) is 0 Å². The number of carbonyl (C=O) groups excluding carboxylic acids is 1. The highest BCUT2D eigenvalue weighted by Crippen LogP contribution is 2.05. The number of allylic oxidation sites excluding steroid dienone is 1. The summed E-state index contributed by atoms with van der Waals surface area (Å²) in [7, 11) is 0. The monoisotopic (exact) mass is 207 g/mol. The van der Waals surface area contributed by atoms with E-state index in [-0.39, 0.29) is 11.9 Å². The lowest BCUT2D eigenvalue weighted by Crippen LogP contribution is -2.31. The van der Waals surface area contributed by atoms with Crippen molar-refractivity contribution in [2.24, 2.45) is 0 Å². The molecule has 1 rings (SSSR count). The molecule has 1 heterocycles. The van der Waals surface area contributed by atoms with E-state index in [1.807, 2.05) is 26.0 Å². The predicted molar refractivity (Wildman–Crippen MR) is 59.4 cm³/mol. The molecule has 1 N–H and O–H groups in total. The fraction of sp³-hybridized carbons (Fsp3) is 0.417. The van der Waals surface area contributed by atoms with Crippen LogP contribution < -0.4 is 5.32 Å². The summed E-state index contributed by atoms with van der Waals surface area (Å²) >= 11 is 0. The molecule has 82 valence electrons. The van der Waals surface area contributed by atoms with E-state index in [1.54, 1.807) is 12.3 Å². The van der Waals surface area contributed by atoms with Gasteiger partial charge in [0.2, 0.25) is 5.91 Å². The summed E-state index contributed by atoms with van der Waals surface area (Å²) in [6.07, 6.45) is 6.66. The van der Waals surface area contributed by atoms with Gasteiger partial charge in [0, 0.05) is 12.5 Å². The van der Waals surface area contributed by atoms with E-state index in [0.29, 0.717) is 0 Å². The quantitative estimate of drug-likeness (QED) is 0.753. The summed E-state index contributed by atoms with van der Waals surface area (Å²) in [5.74, 6) is 0.923. The molecular weight excluding hydrogens is 190 g/mol. The first-order chi connectivity index (χ1) is 7.22. The van der Waals surface area contributed by atoms with Crippen LogP contribution in [0.15, 0.2) is 35.0 Å². The van der Waals surface area contributed by atoms with Gasteiger partial charge in [0.05, 0.1) is 6.26 Å². The SMILES string of the molecule is CC=CC(=O)NC(C)CCc1ccco1. The smallest absolute Gasteiger partial charge is 0.243 e. The van der Waals surface area contributed by atoms with Gasteiger partial charge in [-0.05, 0) is 38.5 Å². The van der Waals surface area contributed by atoms with Crippen LogP contribution in [0.2, 0.25) is 0 Å². The van der Waals surface area contributed by atoms with Crippen LogP contribution >= 0.6 is 0 Å². The van der Waals surface area contributed by atoms with E-state index in [1.165, 1.54) is 6.08 Å². The summed E-state index contributed by atoms with van der Waals surface area (Å²) in [5.41, 5.74) is 0. The summed E-state index contributed by atoms with van der Waals surface area (Å²) in [5, 5.41) is 2.88. The fourth-order valence-corrected chi connectivity index (χ4v) is 1.33. The molecule has 0 bridgehead atoms. The number of aryl methyl sites for hydroxylation is 1. The molecule has 0 aliphatic carbocycles. The number of carbonyl (C=O) groups is 1.